The first kappa shape index (κ1) is 11.4. The fourth-order valence-corrected chi connectivity index (χ4v) is 0.283. The van der Waals surface area contributed by atoms with E-state index in [2.05, 4.69) is 20.1 Å². The number of carbonyl (C=O) groups excluding carboxylic acids is 1. The molecule has 0 saturated heterocycles. The standard InChI is InChI=1S/C3H5BrO2.K.H/c1-2-3(5)6-4;;/h2H2,1H3;;. The molecule has 0 aromatic heterocycles. The molecule has 0 saturated carbocycles. The van der Waals surface area contributed by atoms with Crippen LogP contribution in [0.5, 0.6) is 0 Å². The molecule has 0 aliphatic heterocycles. The van der Waals surface area contributed by atoms with E-state index in [1.54, 1.807) is 6.92 Å². The van der Waals surface area contributed by atoms with Crippen LogP contribution in [0.3, 0.4) is 0 Å². The molecule has 0 atom stereocenters. The van der Waals surface area contributed by atoms with E-state index < -0.39 is 0 Å². The van der Waals surface area contributed by atoms with Gasteiger partial charge < -0.3 is 3.83 Å². The van der Waals surface area contributed by atoms with Gasteiger partial charge >= 0.3 is 57.4 Å². The molecular formula is C3H6BrKO2. The predicted octanol–water partition coefficient (Wildman–Crippen LogP) is 0.601. The van der Waals surface area contributed by atoms with Crippen molar-refractivity contribution in [3.05, 3.63) is 0 Å². The minimum absolute atomic E-state index is 0. The molecule has 2 nitrogen and oxygen atoms in total. The van der Waals surface area contributed by atoms with Gasteiger partial charge in [-0.3, -0.25) is 4.79 Å². The molecule has 0 bridgehead atoms. The van der Waals surface area contributed by atoms with Gasteiger partial charge in [0, 0.05) is 6.42 Å². The molecule has 0 spiro atoms. The maximum atomic E-state index is 9.91. The first-order chi connectivity index (χ1) is 2.81. The second-order valence-corrected chi connectivity index (χ2v) is 1.13. The molecule has 38 valence electrons. The molecular weight excluding hydrogens is 187 g/mol. The number of halogens is 1. The summed E-state index contributed by atoms with van der Waals surface area (Å²) in [4.78, 5) is 9.91. The third kappa shape index (κ3) is 7.59. The van der Waals surface area contributed by atoms with Crippen molar-refractivity contribution in [2.45, 2.75) is 13.3 Å². The van der Waals surface area contributed by atoms with E-state index >= 15 is 0 Å². The van der Waals surface area contributed by atoms with Crippen LogP contribution in [0.25, 0.3) is 0 Å². The van der Waals surface area contributed by atoms with Gasteiger partial charge in [-0.1, -0.05) is 6.92 Å². The molecule has 0 radical (unpaired) electrons. The van der Waals surface area contributed by atoms with E-state index in [1.165, 1.54) is 0 Å². The van der Waals surface area contributed by atoms with Crippen LogP contribution in [0.4, 0.5) is 0 Å². The topological polar surface area (TPSA) is 26.3 Å². The molecule has 0 aromatic rings. The van der Waals surface area contributed by atoms with Crippen molar-refractivity contribution in [2.24, 2.45) is 0 Å². The van der Waals surface area contributed by atoms with E-state index in [4.69, 9.17) is 0 Å². The van der Waals surface area contributed by atoms with Gasteiger partial charge in [-0.2, -0.15) is 0 Å². The van der Waals surface area contributed by atoms with E-state index in [0.29, 0.717) is 6.42 Å². The van der Waals surface area contributed by atoms with E-state index in [9.17, 15) is 4.79 Å². The summed E-state index contributed by atoms with van der Waals surface area (Å²) in [6.45, 7) is 1.73. The average Bonchev–Trinajstić information content (AvgIpc) is 1.65. The third-order valence-electron chi connectivity index (χ3n) is 0.375. The molecule has 0 rings (SSSR count). The van der Waals surface area contributed by atoms with Crippen LogP contribution in [0.1, 0.15) is 13.3 Å². The number of rotatable bonds is 1. The van der Waals surface area contributed by atoms with E-state index in [0.717, 1.165) is 0 Å². The van der Waals surface area contributed by atoms with Crippen molar-refractivity contribution < 1.29 is 8.62 Å². The summed E-state index contributed by atoms with van der Waals surface area (Å²) < 4.78 is 4.07. The van der Waals surface area contributed by atoms with Gasteiger partial charge in [-0.25, -0.2) is 0 Å². The van der Waals surface area contributed by atoms with Crippen LogP contribution in [0, 0.1) is 0 Å². The second-order valence-electron chi connectivity index (χ2n) is 0.803. The van der Waals surface area contributed by atoms with Crippen molar-refractivity contribution in [2.75, 3.05) is 0 Å². The van der Waals surface area contributed by atoms with Crippen LogP contribution in [0.15, 0.2) is 0 Å². The zero-order valence-electron chi connectivity index (χ0n) is 3.40. The zero-order chi connectivity index (χ0) is 4.99. The van der Waals surface area contributed by atoms with Gasteiger partial charge in [-0.15, -0.1) is 0 Å². The summed E-state index contributed by atoms with van der Waals surface area (Å²) in [7, 11) is 0. The van der Waals surface area contributed by atoms with Crippen molar-refractivity contribution in [1.82, 2.24) is 0 Å². The Morgan fingerprint density at radius 1 is 1.86 bits per heavy atom. The Bertz CT molecular complexity index is 50.9. The van der Waals surface area contributed by atoms with Gasteiger partial charge in [-0.05, 0) is 0 Å². The first-order valence-electron chi connectivity index (χ1n) is 1.62. The number of carbonyl (C=O) groups is 1. The predicted molar refractivity (Wildman–Crippen MR) is 32.5 cm³/mol. The molecule has 0 aliphatic rings. The van der Waals surface area contributed by atoms with Crippen LogP contribution < -0.4 is 0 Å². The van der Waals surface area contributed by atoms with Crippen molar-refractivity contribution >= 4 is 73.6 Å². The van der Waals surface area contributed by atoms with Crippen LogP contribution in [-0.4, -0.2) is 57.4 Å². The minimum atomic E-state index is -0.241. The average molecular weight is 193 g/mol. The summed E-state index contributed by atoms with van der Waals surface area (Å²) in [6.07, 6.45) is 0.422. The Balaban J connectivity index is 0. The Labute approximate surface area is 93.9 Å². The number of hydrogen-bond donors (Lipinski definition) is 0. The van der Waals surface area contributed by atoms with Gasteiger partial charge in [0.2, 0.25) is 0 Å². The molecule has 0 fully saturated rings. The summed E-state index contributed by atoms with van der Waals surface area (Å²) in [6, 6.07) is 0. The molecule has 0 aliphatic carbocycles. The Hall–Kier alpha value is 1.59. The van der Waals surface area contributed by atoms with Crippen molar-refractivity contribution in [3.63, 3.8) is 0 Å². The van der Waals surface area contributed by atoms with E-state index in [-0.39, 0.29) is 57.4 Å². The summed E-state index contributed by atoms with van der Waals surface area (Å²) in [5.74, 6) is -0.241. The fraction of sp³-hybridized carbons (Fsp3) is 0.667. The molecule has 0 unspecified atom stereocenters. The molecule has 0 heterocycles. The maximum absolute atomic E-state index is 9.91. The number of hydrogen-bond acceptors (Lipinski definition) is 2. The Morgan fingerprint density at radius 3 is 2.29 bits per heavy atom. The van der Waals surface area contributed by atoms with Crippen LogP contribution in [0.2, 0.25) is 0 Å². The molecule has 4 heteroatoms. The van der Waals surface area contributed by atoms with Gasteiger partial charge in [0.1, 0.15) is 0 Å². The van der Waals surface area contributed by atoms with Crippen molar-refractivity contribution in [1.29, 1.82) is 0 Å². The molecule has 0 aromatic carbocycles. The summed E-state index contributed by atoms with van der Waals surface area (Å²) >= 11 is 2.53. The van der Waals surface area contributed by atoms with E-state index in [1.807, 2.05) is 0 Å². The Morgan fingerprint density at radius 2 is 2.29 bits per heavy atom. The van der Waals surface area contributed by atoms with Gasteiger partial charge in [0.15, 0.2) is 16.3 Å². The fourth-order valence-electron chi connectivity index (χ4n) is 0.0546. The van der Waals surface area contributed by atoms with Crippen LogP contribution in [-0.2, 0) is 8.62 Å². The Kier molecular flexibility index (Phi) is 12.3. The van der Waals surface area contributed by atoms with Crippen LogP contribution >= 0.6 is 16.3 Å². The zero-order valence-corrected chi connectivity index (χ0v) is 4.99. The normalized spacial score (nSPS) is 6.57. The van der Waals surface area contributed by atoms with Gasteiger partial charge in [0.05, 0.1) is 0 Å². The molecule has 0 N–H and O–H groups in total. The quantitative estimate of drug-likeness (QED) is 0.570. The van der Waals surface area contributed by atoms with Gasteiger partial charge in [0.25, 0.3) is 0 Å². The monoisotopic (exact) mass is 192 g/mol. The SMILES string of the molecule is CCC(=O)OBr.[KH]. The second kappa shape index (κ2) is 7.59. The molecule has 0 amide bonds. The van der Waals surface area contributed by atoms with Crippen molar-refractivity contribution in [3.8, 4) is 0 Å². The first-order valence-corrected chi connectivity index (χ1v) is 2.27. The summed E-state index contributed by atoms with van der Waals surface area (Å²) in [5, 5.41) is 0. The summed E-state index contributed by atoms with van der Waals surface area (Å²) in [5.41, 5.74) is 0. The molecule has 7 heavy (non-hydrogen) atoms. The third-order valence-corrected chi connectivity index (χ3v) is 0.736.